The number of carbonyl (C=O) groups excluding carboxylic acids is 1. The minimum absolute atomic E-state index is 0.0524. The van der Waals surface area contributed by atoms with Crippen LogP contribution in [0.25, 0.3) is 0 Å². The SMILES string of the molecule is Nc1cc(F)cc(NC(=O)C2C3C4CCC(C4)C23)c1. The lowest BCUT2D eigenvalue weighted by Crippen LogP contribution is -2.18. The van der Waals surface area contributed by atoms with Gasteiger partial charge in [0, 0.05) is 17.3 Å². The van der Waals surface area contributed by atoms with Gasteiger partial charge in [-0.25, -0.2) is 4.39 Å². The second-order valence-electron chi connectivity index (χ2n) is 6.28. The van der Waals surface area contributed by atoms with E-state index < -0.39 is 5.82 Å². The van der Waals surface area contributed by atoms with E-state index in [9.17, 15) is 9.18 Å². The third kappa shape index (κ3) is 1.66. The quantitative estimate of drug-likeness (QED) is 0.803. The molecule has 0 heterocycles. The van der Waals surface area contributed by atoms with Gasteiger partial charge in [0.15, 0.2) is 0 Å². The number of amides is 1. The Kier molecular flexibility index (Phi) is 2.20. The second-order valence-corrected chi connectivity index (χ2v) is 6.28. The molecule has 0 aliphatic heterocycles. The van der Waals surface area contributed by atoms with Crippen molar-refractivity contribution in [2.75, 3.05) is 11.1 Å². The number of fused-ring (bicyclic) bond motifs is 5. The van der Waals surface area contributed by atoms with Crippen molar-refractivity contribution in [2.24, 2.45) is 29.6 Å². The molecule has 1 aromatic carbocycles. The van der Waals surface area contributed by atoms with Crippen LogP contribution in [0.1, 0.15) is 19.3 Å². The van der Waals surface area contributed by atoms with Gasteiger partial charge < -0.3 is 11.1 Å². The van der Waals surface area contributed by atoms with Crippen molar-refractivity contribution >= 4 is 17.3 Å². The average molecular weight is 260 g/mol. The molecule has 1 amide bonds. The molecule has 3 fully saturated rings. The molecular weight excluding hydrogens is 243 g/mol. The summed E-state index contributed by atoms with van der Waals surface area (Å²) in [5, 5.41) is 2.82. The molecule has 2 bridgehead atoms. The number of anilines is 2. The van der Waals surface area contributed by atoms with Crippen molar-refractivity contribution in [3.05, 3.63) is 24.0 Å². The van der Waals surface area contributed by atoms with Crippen molar-refractivity contribution in [3.63, 3.8) is 0 Å². The Bertz CT molecular complexity index is 523. The molecular formula is C15H17FN2O. The number of carbonyl (C=O) groups is 1. The minimum atomic E-state index is -0.411. The van der Waals surface area contributed by atoms with E-state index in [2.05, 4.69) is 5.32 Å². The summed E-state index contributed by atoms with van der Waals surface area (Å²) in [7, 11) is 0. The van der Waals surface area contributed by atoms with Gasteiger partial charge in [-0.3, -0.25) is 4.79 Å². The monoisotopic (exact) mass is 260 g/mol. The van der Waals surface area contributed by atoms with Crippen LogP contribution in [-0.2, 0) is 4.79 Å². The first-order valence-corrected chi connectivity index (χ1v) is 7.00. The molecule has 3 aliphatic rings. The Morgan fingerprint density at radius 3 is 2.53 bits per heavy atom. The maximum absolute atomic E-state index is 13.2. The van der Waals surface area contributed by atoms with Crippen LogP contribution < -0.4 is 11.1 Å². The Labute approximate surface area is 111 Å². The molecule has 3 nitrogen and oxygen atoms in total. The molecule has 0 radical (unpaired) electrons. The van der Waals surface area contributed by atoms with Crippen molar-refractivity contribution in [1.29, 1.82) is 0 Å². The zero-order chi connectivity index (χ0) is 13.1. The molecule has 1 aromatic rings. The van der Waals surface area contributed by atoms with Crippen molar-refractivity contribution < 1.29 is 9.18 Å². The van der Waals surface area contributed by atoms with E-state index >= 15 is 0 Å². The fourth-order valence-electron chi connectivity index (χ4n) is 4.59. The fourth-order valence-corrected chi connectivity index (χ4v) is 4.59. The molecule has 0 aromatic heterocycles. The lowest BCUT2D eigenvalue weighted by molar-refractivity contribution is -0.118. The number of rotatable bonds is 2. The third-order valence-corrected chi connectivity index (χ3v) is 5.23. The molecule has 3 aliphatic carbocycles. The topological polar surface area (TPSA) is 55.1 Å². The van der Waals surface area contributed by atoms with Gasteiger partial charge in [-0.1, -0.05) is 0 Å². The van der Waals surface area contributed by atoms with Crippen LogP contribution in [0.2, 0.25) is 0 Å². The summed E-state index contributed by atoms with van der Waals surface area (Å²) < 4.78 is 13.2. The van der Waals surface area contributed by atoms with Crippen LogP contribution in [0, 0.1) is 35.4 Å². The van der Waals surface area contributed by atoms with Crippen LogP contribution in [0.3, 0.4) is 0 Å². The maximum Gasteiger partial charge on any atom is 0.228 e. The summed E-state index contributed by atoms with van der Waals surface area (Å²) in [6, 6.07) is 4.18. The van der Waals surface area contributed by atoms with Crippen LogP contribution in [0.5, 0.6) is 0 Å². The van der Waals surface area contributed by atoms with E-state index in [1.807, 2.05) is 0 Å². The minimum Gasteiger partial charge on any atom is -0.399 e. The summed E-state index contributed by atoms with van der Waals surface area (Å²) in [6.07, 6.45) is 3.91. The number of nitrogen functional groups attached to an aromatic ring is 1. The molecule has 4 heteroatoms. The zero-order valence-electron chi connectivity index (χ0n) is 10.6. The molecule has 0 spiro atoms. The highest BCUT2D eigenvalue weighted by molar-refractivity contribution is 5.95. The molecule has 4 unspecified atom stereocenters. The van der Waals surface area contributed by atoms with Gasteiger partial charge in [0.2, 0.25) is 5.91 Å². The first-order chi connectivity index (χ1) is 9.13. The van der Waals surface area contributed by atoms with Gasteiger partial charge in [0.05, 0.1) is 0 Å². The number of benzene rings is 1. The molecule has 3 saturated carbocycles. The zero-order valence-corrected chi connectivity index (χ0v) is 10.6. The van der Waals surface area contributed by atoms with Gasteiger partial charge >= 0.3 is 0 Å². The van der Waals surface area contributed by atoms with Gasteiger partial charge in [0.25, 0.3) is 0 Å². The van der Waals surface area contributed by atoms with E-state index in [-0.39, 0.29) is 11.8 Å². The predicted molar refractivity (Wildman–Crippen MR) is 70.7 cm³/mol. The number of hydrogen-bond acceptors (Lipinski definition) is 2. The fraction of sp³-hybridized carbons (Fsp3) is 0.533. The molecule has 100 valence electrons. The highest BCUT2D eigenvalue weighted by atomic mass is 19.1. The van der Waals surface area contributed by atoms with Crippen LogP contribution in [0.15, 0.2) is 18.2 Å². The van der Waals surface area contributed by atoms with Crippen molar-refractivity contribution in [2.45, 2.75) is 19.3 Å². The first kappa shape index (κ1) is 11.3. The second kappa shape index (κ2) is 3.71. The van der Waals surface area contributed by atoms with Gasteiger partial charge in [0.1, 0.15) is 5.82 Å². The van der Waals surface area contributed by atoms with E-state index in [4.69, 9.17) is 5.73 Å². The lowest BCUT2D eigenvalue weighted by Gasteiger charge is -2.10. The summed E-state index contributed by atoms with van der Waals surface area (Å²) in [6.45, 7) is 0. The normalized spacial score (nSPS) is 38.1. The number of nitrogens with two attached hydrogens (primary N) is 1. The molecule has 0 saturated heterocycles. The smallest absolute Gasteiger partial charge is 0.228 e. The Morgan fingerprint density at radius 2 is 1.89 bits per heavy atom. The number of halogens is 1. The summed E-state index contributed by atoms with van der Waals surface area (Å²) >= 11 is 0. The maximum atomic E-state index is 13.2. The summed E-state index contributed by atoms with van der Waals surface area (Å²) in [5.74, 6) is 2.54. The Hall–Kier alpha value is -1.58. The number of hydrogen-bond donors (Lipinski definition) is 2. The van der Waals surface area contributed by atoms with E-state index in [1.54, 1.807) is 6.07 Å². The predicted octanol–water partition coefficient (Wildman–Crippen LogP) is 2.64. The molecule has 4 atom stereocenters. The van der Waals surface area contributed by atoms with Crippen LogP contribution >= 0.6 is 0 Å². The van der Waals surface area contributed by atoms with Crippen molar-refractivity contribution in [3.8, 4) is 0 Å². The van der Waals surface area contributed by atoms with E-state index in [0.29, 0.717) is 23.2 Å². The summed E-state index contributed by atoms with van der Waals surface area (Å²) in [5.41, 5.74) is 6.39. The highest BCUT2D eigenvalue weighted by Gasteiger charge is 2.67. The Morgan fingerprint density at radius 1 is 1.21 bits per heavy atom. The van der Waals surface area contributed by atoms with Crippen LogP contribution in [0.4, 0.5) is 15.8 Å². The largest absolute Gasteiger partial charge is 0.399 e. The van der Waals surface area contributed by atoms with Gasteiger partial charge in [-0.2, -0.15) is 0 Å². The van der Waals surface area contributed by atoms with Gasteiger partial charge in [-0.05, 0) is 61.1 Å². The third-order valence-electron chi connectivity index (χ3n) is 5.23. The molecule has 3 N–H and O–H groups in total. The first-order valence-electron chi connectivity index (χ1n) is 7.00. The Balaban J connectivity index is 1.48. The van der Waals surface area contributed by atoms with E-state index in [1.165, 1.54) is 31.4 Å². The molecule has 19 heavy (non-hydrogen) atoms. The summed E-state index contributed by atoms with van der Waals surface area (Å²) in [4.78, 5) is 12.3. The van der Waals surface area contributed by atoms with E-state index in [0.717, 1.165) is 11.8 Å². The lowest BCUT2D eigenvalue weighted by atomic mass is 10.0. The standard InChI is InChI=1S/C15H17FN2O/c16-9-4-10(17)6-11(5-9)18-15(19)14-12-7-1-2-8(3-7)13(12)14/h4-8,12-14H,1-3,17H2,(H,18,19). The average Bonchev–Trinajstić information content (AvgIpc) is 2.78. The highest BCUT2D eigenvalue weighted by Crippen LogP contribution is 2.69. The number of nitrogens with one attached hydrogen (secondary N) is 1. The van der Waals surface area contributed by atoms with Crippen LogP contribution in [-0.4, -0.2) is 5.91 Å². The van der Waals surface area contributed by atoms with Gasteiger partial charge in [-0.15, -0.1) is 0 Å². The molecule has 4 rings (SSSR count). The van der Waals surface area contributed by atoms with Crippen molar-refractivity contribution in [1.82, 2.24) is 0 Å².